The van der Waals surface area contributed by atoms with Gasteiger partial charge in [0, 0.05) is 12.2 Å². The Balaban J connectivity index is 1.90. The van der Waals surface area contributed by atoms with Crippen LogP contribution in [0.1, 0.15) is 31.7 Å². The van der Waals surface area contributed by atoms with Gasteiger partial charge in [-0.25, -0.2) is 0 Å². The molecule has 0 spiro atoms. The molecule has 18 heavy (non-hydrogen) atoms. The van der Waals surface area contributed by atoms with Crippen molar-refractivity contribution in [2.45, 2.75) is 32.4 Å². The van der Waals surface area contributed by atoms with Gasteiger partial charge < -0.3 is 5.32 Å². The smallest absolute Gasteiger partial charge is 0.385 e. The first-order chi connectivity index (χ1) is 8.47. The first kappa shape index (κ1) is 13.2. The van der Waals surface area contributed by atoms with Crippen LogP contribution in [0, 0.1) is 11.8 Å². The van der Waals surface area contributed by atoms with Crippen LogP contribution in [-0.4, -0.2) is 6.54 Å². The quantitative estimate of drug-likeness (QED) is 0.837. The van der Waals surface area contributed by atoms with Gasteiger partial charge in [-0.05, 0) is 42.5 Å². The van der Waals surface area contributed by atoms with E-state index in [4.69, 9.17) is 0 Å². The molecule has 4 heteroatoms. The van der Waals surface area contributed by atoms with Crippen molar-refractivity contribution in [3.8, 4) is 0 Å². The number of nitrogens with one attached hydrogen (secondary N) is 1. The average molecular weight is 257 g/mol. The molecule has 2 atom stereocenters. The topological polar surface area (TPSA) is 12.0 Å². The highest BCUT2D eigenvalue weighted by Gasteiger charge is 2.30. The van der Waals surface area contributed by atoms with Crippen LogP contribution in [0.15, 0.2) is 24.3 Å². The Morgan fingerprint density at radius 2 is 1.83 bits per heavy atom. The minimum absolute atomic E-state index is 0.595. The summed E-state index contributed by atoms with van der Waals surface area (Å²) in [5, 5.41) is 3.23. The Hall–Kier alpha value is -1.19. The highest BCUT2D eigenvalue weighted by Crippen LogP contribution is 2.32. The summed E-state index contributed by atoms with van der Waals surface area (Å²) >= 11 is 0. The van der Waals surface area contributed by atoms with E-state index in [0.29, 0.717) is 11.8 Å². The fourth-order valence-corrected chi connectivity index (χ4v) is 2.55. The molecule has 0 aromatic heterocycles. The third-order valence-electron chi connectivity index (χ3n) is 3.82. The van der Waals surface area contributed by atoms with Crippen LogP contribution in [-0.2, 0) is 6.18 Å². The van der Waals surface area contributed by atoms with Gasteiger partial charge in [-0.1, -0.05) is 19.8 Å². The lowest BCUT2D eigenvalue weighted by molar-refractivity contribution is -0.137. The lowest BCUT2D eigenvalue weighted by Crippen LogP contribution is -2.16. The van der Waals surface area contributed by atoms with Crippen molar-refractivity contribution in [3.63, 3.8) is 0 Å². The Kier molecular flexibility index (Phi) is 3.83. The summed E-state index contributed by atoms with van der Waals surface area (Å²) in [6.07, 6.45) is -0.507. The van der Waals surface area contributed by atoms with E-state index in [2.05, 4.69) is 12.2 Å². The predicted octanol–water partition coefficient (Wildman–Crippen LogP) is 4.55. The minimum Gasteiger partial charge on any atom is -0.385 e. The summed E-state index contributed by atoms with van der Waals surface area (Å²) in [7, 11) is 0. The van der Waals surface area contributed by atoms with Gasteiger partial charge in [0.1, 0.15) is 0 Å². The number of benzene rings is 1. The van der Waals surface area contributed by atoms with Crippen LogP contribution in [0.25, 0.3) is 0 Å². The van der Waals surface area contributed by atoms with E-state index >= 15 is 0 Å². The van der Waals surface area contributed by atoms with Crippen molar-refractivity contribution in [2.24, 2.45) is 11.8 Å². The van der Waals surface area contributed by atoms with Crippen molar-refractivity contribution >= 4 is 5.69 Å². The fourth-order valence-electron chi connectivity index (χ4n) is 2.55. The highest BCUT2D eigenvalue weighted by molar-refractivity contribution is 5.45. The number of anilines is 1. The third-order valence-corrected chi connectivity index (χ3v) is 3.82. The van der Waals surface area contributed by atoms with Gasteiger partial charge in [-0.15, -0.1) is 0 Å². The molecule has 1 aromatic rings. The summed E-state index contributed by atoms with van der Waals surface area (Å²) in [4.78, 5) is 0. The van der Waals surface area contributed by atoms with Gasteiger partial charge in [-0.2, -0.15) is 13.2 Å². The summed E-state index contributed by atoms with van der Waals surface area (Å²) in [6, 6.07) is 5.26. The molecule has 0 radical (unpaired) electrons. The predicted molar refractivity (Wildman–Crippen MR) is 66.4 cm³/mol. The molecule has 2 unspecified atom stereocenters. The normalized spacial score (nSPS) is 24.2. The van der Waals surface area contributed by atoms with Gasteiger partial charge in [-0.3, -0.25) is 0 Å². The lowest BCUT2D eigenvalue weighted by atomic mass is 9.98. The van der Waals surface area contributed by atoms with Crippen LogP contribution in [0.4, 0.5) is 18.9 Å². The molecule has 1 nitrogen and oxygen atoms in total. The van der Waals surface area contributed by atoms with E-state index in [0.717, 1.165) is 24.4 Å². The molecule has 0 amide bonds. The van der Waals surface area contributed by atoms with Crippen LogP contribution in [0.5, 0.6) is 0 Å². The lowest BCUT2D eigenvalue weighted by Gasteiger charge is -2.17. The summed E-state index contributed by atoms with van der Waals surface area (Å²) < 4.78 is 37.1. The molecule has 0 aliphatic heterocycles. The highest BCUT2D eigenvalue weighted by atomic mass is 19.4. The monoisotopic (exact) mass is 257 g/mol. The third kappa shape index (κ3) is 3.18. The van der Waals surface area contributed by atoms with Crippen LogP contribution in [0.2, 0.25) is 0 Å². The van der Waals surface area contributed by atoms with E-state index in [1.54, 1.807) is 0 Å². The molecule has 1 fully saturated rings. The number of rotatable bonds is 3. The zero-order valence-electron chi connectivity index (χ0n) is 10.4. The minimum atomic E-state index is -4.25. The second-order valence-electron chi connectivity index (χ2n) is 5.12. The molecular weight excluding hydrogens is 239 g/mol. The summed E-state index contributed by atoms with van der Waals surface area (Å²) in [6.45, 7) is 3.10. The molecule has 0 bridgehead atoms. The summed E-state index contributed by atoms with van der Waals surface area (Å²) in [5.74, 6) is 1.36. The van der Waals surface area contributed by atoms with Crippen molar-refractivity contribution < 1.29 is 13.2 Å². The van der Waals surface area contributed by atoms with Crippen molar-refractivity contribution in [1.82, 2.24) is 0 Å². The Morgan fingerprint density at radius 1 is 1.17 bits per heavy atom. The molecular formula is C14H18F3N. The summed E-state index contributed by atoms with van der Waals surface area (Å²) in [5.41, 5.74) is 0.171. The molecule has 2 rings (SSSR count). The first-order valence-electron chi connectivity index (χ1n) is 6.38. The average Bonchev–Trinajstić information content (AvgIpc) is 2.72. The molecule has 1 saturated carbocycles. The maximum Gasteiger partial charge on any atom is 0.416 e. The Morgan fingerprint density at radius 3 is 2.33 bits per heavy atom. The number of hydrogen-bond donors (Lipinski definition) is 1. The van der Waals surface area contributed by atoms with E-state index < -0.39 is 11.7 Å². The second kappa shape index (κ2) is 5.21. The first-order valence-corrected chi connectivity index (χ1v) is 6.38. The van der Waals surface area contributed by atoms with Crippen molar-refractivity contribution in [3.05, 3.63) is 29.8 Å². The Labute approximate surface area is 105 Å². The zero-order valence-corrected chi connectivity index (χ0v) is 10.4. The van der Waals surface area contributed by atoms with E-state index in [1.807, 2.05) is 0 Å². The number of alkyl halides is 3. The van der Waals surface area contributed by atoms with Crippen molar-refractivity contribution in [1.29, 1.82) is 0 Å². The van der Waals surface area contributed by atoms with Crippen LogP contribution < -0.4 is 5.32 Å². The molecule has 0 heterocycles. The van der Waals surface area contributed by atoms with Crippen LogP contribution in [0.3, 0.4) is 0 Å². The fraction of sp³-hybridized carbons (Fsp3) is 0.571. The van der Waals surface area contributed by atoms with Crippen LogP contribution >= 0.6 is 0 Å². The standard InChI is InChI=1S/C14H18F3N/c1-10-3-2-4-11(10)9-18-13-7-5-12(6-8-13)14(15,16)17/h5-8,10-11,18H,2-4,9H2,1H3. The molecule has 100 valence electrons. The Bertz CT molecular complexity index is 383. The number of halogens is 3. The SMILES string of the molecule is CC1CCCC1CNc1ccc(C(F)(F)F)cc1. The van der Waals surface area contributed by atoms with E-state index in [1.165, 1.54) is 31.4 Å². The molecule has 1 N–H and O–H groups in total. The van der Waals surface area contributed by atoms with Gasteiger partial charge in [0.15, 0.2) is 0 Å². The van der Waals surface area contributed by atoms with E-state index in [9.17, 15) is 13.2 Å². The van der Waals surface area contributed by atoms with Gasteiger partial charge >= 0.3 is 6.18 Å². The number of hydrogen-bond acceptors (Lipinski definition) is 1. The van der Waals surface area contributed by atoms with Gasteiger partial charge in [0.25, 0.3) is 0 Å². The maximum absolute atomic E-state index is 12.4. The second-order valence-corrected chi connectivity index (χ2v) is 5.12. The van der Waals surface area contributed by atoms with E-state index in [-0.39, 0.29) is 0 Å². The zero-order chi connectivity index (χ0) is 13.2. The molecule has 0 saturated heterocycles. The van der Waals surface area contributed by atoms with Gasteiger partial charge in [0.05, 0.1) is 5.56 Å². The largest absolute Gasteiger partial charge is 0.416 e. The van der Waals surface area contributed by atoms with Gasteiger partial charge in [0.2, 0.25) is 0 Å². The molecule has 1 aliphatic carbocycles. The molecule has 1 aromatic carbocycles. The molecule has 1 aliphatic rings. The van der Waals surface area contributed by atoms with Crippen molar-refractivity contribution in [2.75, 3.05) is 11.9 Å². The maximum atomic E-state index is 12.4.